The molecule has 1 aliphatic rings. The van der Waals surface area contributed by atoms with Gasteiger partial charge in [0.2, 0.25) is 11.7 Å². The lowest BCUT2D eigenvalue weighted by Crippen LogP contribution is -2.36. The van der Waals surface area contributed by atoms with Crippen LogP contribution in [-0.2, 0) is 16.6 Å². The molecule has 3 rings (SSSR count). The van der Waals surface area contributed by atoms with Gasteiger partial charge in [-0.25, -0.2) is 0 Å². The van der Waals surface area contributed by atoms with Crippen LogP contribution in [0.25, 0.3) is 0 Å². The maximum absolute atomic E-state index is 12.8. The second kappa shape index (κ2) is 8.13. The Morgan fingerprint density at radius 2 is 1.71 bits per heavy atom. The predicted molar refractivity (Wildman–Crippen MR) is 109 cm³/mol. The predicted octanol–water partition coefficient (Wildman–Crippen LogP) is 4.18. The summed E-state index contributed by atoms with van der Waals surface area (Å²) in [6.07, 6.45) is 2.23. The molecule has 0 saturated carbocycles. The third-order valence-electron chi connectivity index (χ3n) is 5.55. The summed E-state index contributed by atoms with van der Waals surface area (Å²) in [5, 5.41) is 3.21. The summed E-state index contributed by atoms with van der Waals surface area (Å²) in [7, 11) is 4.71. The first-order valence-corrected chi connectivity index (χ1v) is 9.57. The van der Waals surface area contributed by atoms with Gasteiger partial charge in [-0.2, -0.15) is 0 Å². The first kappa shape index (κ1) is 20.1. The number of methoxy groups -OCH3 is 3. The molecule has 2 aromatic rings. The van der Waals surface area contributed by atoms with Crippen LogP contribution in [0.3, 0.4) is 0 Å². The van der Waals surface area contributed by atoms with E-state index in [1.807, 2.05) is 18.2 Å². The molecule has 1 amide bonds. The number of ether oxygens (including phenoxy) is 3. The topological polar surface area (TPSA) is 56.8 Å². The third-order valence-corrected chi connectivity index (χ3v) is 5.55. The Morgan fingerprint density at radius 1 is 1.07 bits per heavy atom. The van der Waals surface area contributed by atoms with Crippen molar-refractivity contribution in [3.63, 3.8) is 0 Å². The molecule has 1 aliphatic carbocycles. The first-order chi connectivity index (χ1) is 13.4. The molecule has 2 aromatic carbocycles. The summed E-state index contributed by atoms with van der Waals surface area (Å²) >= 11 is 0. The molecule has 5 nitrogen and oxygen atoms in total. The summed E-state index contributed by atoms with van der Waals surface area (Å²) in [5.74, 6) is 1.61. The maximum atomic E-state index is 12.8. The normalized spacial score (nSPS) is 17.4. The minimum absolute atomic E-state index is 0.0196. The highest BCUT2D eigenvalue weighted by atomic mass is 16.5. The molecule has 1 N–H and O–H groups in total. The van der Waals surface area contributed by atoms with Crippen molar-refractivity contribution < 1.29 is 19.0 Å². The highest BCUT2D eigenvalue weighted by molar-refractivity contribution is 5.79. The van der Waals surface area contributed by atoms with Crippen molar-refractivity contribution in [2.45, 2.75) is 44.6 Å². The molecule has 0 fully saturated rings. The highest BCUT2D eigenvalue weighted by Gasteiger charge is 2.32. The Morgan fingerprint density at radius 3 is 2.32 bits per heavy atom. The number of amides is 1. The van der Waals surface area contributed by atoms with Crippen LogP contribution in [0, 0.1) is 0 Å². The van der Waals surface area contributed by atoms with Crippen LogP contribution < -0.4 is 19.5 Å². The lowest BCUT2D eigenvalue weighted by Gasteiger charge is -2.37. The molecular formula is C23H29NO4. The molecule has 0 aromatic heterocycles. The van der Waals surface area contributed by atoms with Gasteiger partial charge in [0.1, 0.15) is 0 Å². The van der Waals surface area contributed by atoms with Crippen molar-refractivity contribution in [3.8, 4) is 17.2 Å². The van der Waals surface area contributed by atoms with Crippen LogP contribution >= 0.6 is 0 Å². The lowest BCUT2D eigenvalue weighted by molar-refractivity contribution is -0.121. The van der Waals surface area contributed by atoms with Gasteiger partial charge in [-0.15, -0.1) is 0 Å². The maximum Gasteiger partial charge on any atom is 0.224 e. The van der Waals surface area contributed by atoms with E-state index in [0.29, 0.717) is 17.2 Å². The Balaban J connectivity index is 1.78. The number of hydrogen-bond donors (Lipinski definition) is 1. The fourth-order valence-corrected chi connectivity index (χ4v) is 4.03. The Bertz CT molecular complexity index is 834. The number of carbonyl (C=O) groups excluding carboxylic acids is 1. The van der Waals surface area contributed by atoms with Crippen molar-refractivity contribution in [1.82, 2.24) is 5.32 Å². The smallest absolute Gasteiger partial charge is 0.224 e. The van der Waals surface area contributed by atoms with Crippen molar-refractivity contribution in [2.75, 3.05) is 21.3 Å². The van der Waals surface area contributed by atoms with Crippen molar-refractivity contribution in [3.05, 3.63) is 53.1 Å². The number of rotatable bonds is 6. The van der Waals surface area contributed by atoms with Gasteiger partial charge in [0.15, 0.2) is 11.5 Å². The zero-order valence-electron chi connectivity index (χ0n) is 17.3. The van der Waals surface area contributed by atoms with Crippen LogP contribution in [0.2, 0.25) is 0 Å². The molecular weight excluding hydrogens is 354 g/mol. The van der Waals surface area contributed by atoms with E-state index in [9.17, 15) is 4.79 Å². The van der Waals surface area contributed by atoms with Gasteiger partial charge in [-0.05, 0) is 47.1 Å². The lowest BCUT2D eigenvalue weighted by atomic mass is 9.71. The standard InChI is InChI=1S/C23H29NO4/c1-23(2)11-10-18(16-8-6-7-9-17(16)23)24-21(25)14-15-12-19(26-3)22(28-5)20(13-15)27-4/h6-9,12-13,18H,10-11,14H2,1-5H3,(H,24,25). The van der Waals surface area contributed by atoms with E-state index >= 15 is 0 Å². The Hall–Kier alpha value is -2.69. The summed E-state index contributed by atoms with van der Waals surface area (Å²) in [4.78, 5) is 12.8. The highest BCUT2D eigenvalue weighted by Crippen LogP contribution is 2.41. The molecule has 1 atom stereocenters. The average Bonchev–Trinajstić information content (AvgIpc) is 2.69. The van der Waals surface area contributed by atoms with Crippen LogP contribution in [0.5, 0.6) is 17.2 Å². The molecule has 0 heterocycles. The second-order valence-electron chi connectivity index (χ2n) is 7.84. The summed E-state index contributed by atoms with van der Waals surface area (Å²) < 4.78 is 16.1. The van der Waals surface area contributed by atoms with Crippen molar-refractivity contribution >= 4 is 5.91 Å². The van der Waals surface area contributed by atoms with Gasteiger partial charge in [-0.3, -0.25) is 4.79 Å². The number of hydrogen-bond acceptors (Lipinski definition) is 4. The molecule has 0 saturated heterocycles. The van der Waals surface area contributed by atoms with Crippen LogP contribution in [-0.4, -0.2) is 27.2 Å². The monoisotopic (exact) mass is 383 g/mol. The Labute approximate surface area is 167 Å². The van der Waals surface area contributed by atoms with Crippen LogP contribution in [0.15, 0.2) is 36.4 Å². The van der Waals surface area contributed by atoms with Crippen LogP contribution in [0.4, 0.5) is 0 Å². The van der Waals surface area contributed by atoms with E-state index in [1.165, 1.54) is 11.1 Å². The average molecular weight is 383 g/mol. The van der Waals surface area contributed by atoms with E-state index in [4.69, 9.17) is 14.2 Å². The van der Waals surface area contributed by atoms with Gasteiger partial charge >= 0.3 is 0 Å². The van der Waals surface area contributed by atoms with E-state index in [-0.39, 0.29) is 23.8 Å². The van der Waals surface area contributed by atoms with Gasteiger partial charge in [0.05, 0.1) is 33.8 Å². The summed E-state index contributed by atoms with van der Waals surface area (Å²) in [5.41, 5.74) is 3.49. The second-order valence-corrected chi connectivity index (χ2v) is 7.84. The molecule has 150 valence electrons. The van der Waals surface area contributed by atoms with Gasteiger partial charge in [0, 0.05) is 0 Å². The molecule has 0 radical (unpaired) electrons. The summed E-state index contributed by atoms with van der Waals surface area (Å²) in [6.45, 7) is 4.53. The van der Waals surface area contributed by atoms with E-state index in [1.54, 1.807) is 21.3 Å². The minimum atomic E-state index is -0.0196. The van der Waals surface area contributed by atoms with Gasteiger partial charge < -0.3 is 19.5 Å². The fraction of sp³-hybridized carbons (Fsp3) is 0.435. The van der Waals surface area contributed by atoms with E-state index in [0.717, 1.165) is 18.4 Å². The quantitative estimate of drug-likeness (QED) is 0.813. The zero-order valence-corrected chi connectivity index (χ0v) is 17.3. The molecule has 0 bridgehead atoms. The van der Waals surface area contributed by atoms with Gasteiger partial charge in [-0.1, -0.05) is 38.1 Å². The molecule has 5 heteroatoms. The van der Waals surface area contributed by atoms with E-state index < -0.39 is 0 Å². The SMILES string of the molecule is COc1cc(CC(=O)NC2CCC(C)(C)c3ccccc32)cc(OC)c1OC. The number of nitrogens with one attached hydrogen (secondary N) is 1. The zero-order chi connectivity index (χ0) is 20.3. The van der Waals surface area contributed by atoms with Crippen molar-refractivity contribution in [2.24, 2.45) is 0 Å². The third kappa shape index (κ3) is 3.93. The molecule has 0 aliphatic heterocycles. The fourth-order valence-electron chi connectivity index (χ4n) is 4.03. The largest absolute Gasteiger partial charge is 0.493 e. The number of carbonyl (C=O) groups is 1. The number of fused-ring (bicyclic) bond motifs is 1. The van der Waals surface area contributed by atoms with Crippen molar-refractivity contribution in [1.29, 1.82) is 0 Å². The number of benzene rings is 2. The summed E-state index contributed by atoms with van der Waals surface area (Å²) in [6, 6.07) is 12.1. The first-order valence-electron chi connectivity index (χ1n) is 9.57. The van der Waals surface area contributed by atoms with Gasteiger partial charge in [0.25, 0.3) is 0 Å². The van der Waals surface area contributed by atoms with E-state index in [2.05, 4.69) is 37.4 Å². The molecule has 1 unspecified atom stereocenters. The molecule has 28 heavy (non-hydrogen) atoms. The minimum Gasteiger partial charge on any atom is -0.493 e. The van der Waals surface area contributed by atoms with Crippen LogP contribution in [0.1, 0.15) is 49.4 Å². The Kier molecular flexibility index (Phi) is 5.82. The molecule has 0 spiro atoms.